The Morgan fingerprint density at radius 1 is 1.33 bits per heavy atom. The Balaban J connectivity index is 2.35. The van der Waals surface area contributed by atoms with Gasteiger partial charge in [0.1, 0.15) is 5.54 Å². The Labute approximate surface area is 109 Å². The maximum absolute atomic E-state index is 12.0. The predicted octanol–water partition coefficient (Wildman–Crippen LogP) is 1.11. The molecule has 0 aromatic heterocycles. The average Bonchev–Trinajstić information content (AvgIpc) is 3.13. The molecule has 1 aliphatic rings. The van der Waals surface area contributed by atoms with E-state index < -0.39 is 5.54 Å². The zero-order chi connectivity index (χ0) is 13.4. The number of esters is 1. The number of hydrogen-bond acceptors (Lipinski definition) is 5. The highest BCUT2D eigenvalue weighted by Gasteiger charge is 2.39. The van der Waals surface area contributed by atoms with Crippen LogP contribution in [0.4, 0.5) is 0 Å². The van der Waals surface area contributed by atoms with E-state index >= 15 is 0 Å². The Morgan fingerprint density at radius 2 is 2.06 bits per heavy atom. The van der Waals surface area contributed by atoms with Crippen LogP contribution in [0.3, 0.4) is 0 Å². The molecule has 5 heteroatoms. The van der Waals surface area contributed by atoms with Gasteiger partial charge in [-0.2, -0.15) is 0 Å². The first-order valence-corrected chi connectivity index (χ1v) is 6.64. The minimum absolute atomic E-state index is 0.188. The van der Waals surface area contributed by atoms with Gasteiger partial charge in [-0.1, -0.05) is 0 Å². The molecule has 0 aliphatic heterocycles. The lowest BCUT2D eigenvalue weighted by atomic mass is 9.98. The van der Waals surface area contributed by atoms with Crippen LogP contribution in [0.2, 0.25) is 0 Å². The van der Waals surface area contributed by atoms with Crippen LogP contribution in [-0.4, -0.2) is 51.1 Å². The summed E-state index contributed by atoms with van der Waals surface area (Å²) in [6, 6.07) is 0.457. The smallest absolute Gasteiger partial charge is 0.326 e. The number of hydrogen-bond donors (Lipinski definition) is 1. The first-order valence-electron chi connectivity index (χ1n) is 6.64. The quantitative estimate of drug-likeness (QED) is 0.470. The molecule has 0 spiro atoms. The van der Waals surface area contributed by atoms with Crippen LogP contribution in [0.15, 0.2) is 0 Å². The summed E-state index contributed by atoms with van der Waals surface area (Å²) in [7, 11) is 1.64. The maximum atomic E-state index is 12.0. The van der Waals surface area contributed by atoms with Gasteiger partial charge in [-0.05, 0) is 33.1 Å². The summed E-state index contributed by atoms with van der Waals surface area (Å²) in [4.78, 5) is 12.0. The van der Waals surface area contributed by atoms with Crippen molar-refractivity contribution < 1.29 is 19.0 Å². The molecular formula is C13H25NO4. The van der Waals surface area contributed by atoms with Crippen molar-refractivity contribution in [1.29, 1.82) is 0 Å². The van der Waals surface area contributed by atoms with Crippen molar-refractivity contribution in [1.82, 2.24) is 5.32 Å². The monoisotopic (exact) mass is 259 g/mol. The summed E-state index contributed by atoms with van der Waals surface area (Å²) in [5.41, 5.74) is -0.635. The molecule has 0 aromatic rings. The Kier molecular flexibility index (Phi) is 6.60. The SMILES string of the molecule is CCOC(=O)C(C)(CCOCCOC)NC1CC1. The molecule has 1 N–H and O–H groups in total. The van der Waals surface area contributed by atoms with E-state index in [1.54, 1.807) is 7.11 Å². The summed E-state index contributed by atoms with van der Waals surface area (Å²) < 4.78 is 15.5. The lowest BCUT2D eigenvalue weighted by Gasteiger charge is -2.28. The van der Waals surface area contributed by atoms with Crippen molar-refractivity contribution in [3.05, 3.63) is 0 Å². The molecule has 5 nitrogen and oxygen atoms in total. The molecule has 18 heavy (non-hydrogen) atoms. The second kappa shape index (κ2) is 7.71. The van der Waals surface area contributed by atoms with Crippen molar-refractivity contribution in [2.24, 2.45) is 0 Å². The van der Waals surface area contributed by atoms with Crippen molar-refractivity contribution >= 4 is 5.97 Å². The Morgan fingerprint density at radius 3 is 2.61 bits per heavy atom. The van der Waals surface area contributed by atoms with E-state index in [4.69, 9.17) is 14.2 Å². The number of ether oxygens (including phenoxy) is 3. The zero-order valence-electron chi connectivity index (χ0n) is 11.7. The van der Waals surface area contributed by atoms with Gasteiger partial charge in [0, 0.05) is 19.8 Å². The molecule has 0 radical (unpaired) electrons. The molecular weight excluding hydrogens is 234 g/mol. The number of rotatable bonds is 10. The minimum atomic E-state index is -0.635. The lowest BCUT2D eigenvalue weighted by molar-refractivity contribution is -0.151. The molecule has 0 heterocycles. The zero-order valence-corrected chi connectivity index (χ0v) is 11.7. The fourth-order valence-corrected chi connectivity index (χ4v) is 1.72. The fourth-order valence-electron chi connectivity index (χ4n) is 1.72. The van der Waals surface area contributed by atoms with E-state index in [0.717, 1.165) is 12.8 Å². The molecule has 0 aromatic carbocycles. The van der Waals surface area contributed by atoms with Gasteiger partial charge in [-0.15, -0.1) is 0 Å². The van der Waals surface area contributed by atoms with E-state index in [0.29, 0.717) is 38.9 Å². The van der Waals surface area contributed by atoms with Crippen LogP contribution < -0.4 is 5.32 Å². The lowest BCUT2D eigenvalue weighted by Crippen LogP contribution is -2.52. The maximum Gasteiger partial charge on any atom is 0.326 e. The van der Waals surface area contributed by atoms with Gasteiger partial charge in [0.05, 0.1) is 19.8 Å². The number of carbonyl (C=O) groups excluding carboxylic acids is 1. The Hall–Kier alpha value is -0.650. The van der Waals surface area contributed by atoms with E-state index in [1.165, 1.54) is 0 Å². The van der Waals surface area contributed by atoms with Crippen molar-refractivity contribution in [2.45, 2.75) is 44.7 Å². The summed E-state index contributed by atoms with van der Waals surface area (Å²) in [5, 5.41) is 3.36. The topological polar surface area (TPSA) is 56.8 Å². The van der Waals surface area contributed by atoms with Crippen molar-refractivity contribution in [3.8, 4) is 0 Å². The van der Waals surface area contributed by atoms with Crippen LogP contribution in [0.1, 0.15) is 33.1 Å². The highest BCUT2D eigenvalue weighted by atomic mass is 16.5. The number of nitrogens with one attached hydrogen (secondary N) is 1. The average molecular weight is 259 g/mol. The van der Waals surface area contributed by atoms with E-state index in [1.807, 2.05) is 13.8 Å². The highest BCUT2D eigenvalue weighted by molar-refractivity contribution is 5.80. The molecule has 106 valence electrons. The number of methoxy groups -OCH3 is 1. The summed E-state index contributed by atoms with van der Waals surface area (Å²) in [6.45, 7) is 5.78. The van der Waals surface area contributed by atoms with Crippen LogP contribution in [0.25, 0.3) is 0 Å². The second-order valence-electron chi connectivity index (χ2n) is 4.83. The fraction of sp³-hybridized carbons (Fsp3) is 0.923. The van der Waals surface area contributed by atoms with Gasteiger partial charge in [0.15, 0.2) is 0 Å². The molecule has 1 saturated carbocycles. The third-order valence-electron chi connectivity index (χ3n) is 3.00. The second-order valence-corrected chi connectivity index (χ2v) is 4.83. The van der Waals surface area contributed by atoms with E-state index in [2.05, 4.69) is 5.32 Å². The summed E-state index contributed by atoms with van der Waals surface area (Å²) in [5.74, 6) is -0.188. The van der Waals surface area contributed by atoms with Crippen molar-refractivity contribution in [2.75, 3.05) is 33.5 Å². The van der Waals surface area contributed by atoms with Gasteiger partial charge in [-0.25, -0.2) is 0 Å². The minimum Gasteiger partial charge on any atom is -0.465 e. The Bertz CT molecular complexity index is 255. The summed E-state index contributed by atoms with van der Waals surface area (Å²) in [6.07, 6.45) is 2.89. The normalized spacial score (nSPS) is 18.4. The van der Waals surface area contributed by atoms with Crippen LogP contribution in [-0.2, 0) is 19.0 Å². The van der Waals surface area contributed by atoms with E-state index in [-0.39, 0.29) is 5.97 Å². The predicted molar refractivity (Wildman–Crippen MR) is 68.5 cm³/mol. The van der Waals surface area contributed by atoms with Gasteiger partial charge in [0.2, 0.25) is 0 Å². The molecule has 1 unspecified atom stereocenters. The first kappa shape index (κ1) is 15.4. The van der Waals surface area contributed by atoms with E-state index in [9.17, 15) is 4.79 Å². The first-order chi connectivity index (χ1) is 8.62. The number of carbonyl (C=O) groups is 1. The molecule has 0 bridgehead atoms. The van der Waals surface area contributed by atoms with Crippen LogP contribution >= 0.6 is 0 Å². The molecule has 1 fully saturated rings. The molecule has 1 aliphatic carbocycles. The van der Waals surface area contributed by atoms with Crippen LogP contribution in [0.5, 0.6) is 0 Å². The highest BCUT2D eigenvalue weighted by Crippen LogP contribution is 2.25. The van der Waals surface area contributed by atoms with Crippen LogP contribution in [0, 0.1) is 0 Å². The summed E-state index contributed by atoms with van der Waals surface area (Å²) >= 11 is 0. The largest absolute Gasteiger partial charge is 0.465 e. The molecule has 0 amide bonds. The van der Waals surface area contributed by atoms with Gasteiger partial charge >= 0.3 is 5.97 Å². The van der Waals surface area contributed by atoms with Gasteiger partial charge in [-0.3, -0.25) is 10.1 Å². The van der Waals surface area contributed by atoms with Gasteiger partial charge < -0.3 is 14.2 Å². The molecule has 1 atom stereocenters. The molecule has 1 rings (SSSR count). The van der Waals surface area contributed by atoms with Gasteiger partial charge in [0.25, 0.3) is 0 Å². The third-order valence-corrected chi connectivity index (χ3v) is 3.00. The molecule has 0 saturated heterocycles. The van der Waals surface area contributed by atoms with Crippen molar-refractivity contribution in [3.63, 3.8) is 0 Å². The third kappa shape index (κ3) is 5.33. The standard InChI is InChI=1S/C13H25NO4/c1-4-18-12(15)13(2,14-11-5-6-11)7-8-17-10-9-16-3/h11,14H,4-10H2,1-3H3.